The van der Waals surface area contributed by atoms with Crippen LogP contribution in [0.4, 0.5) is 5.69 Å². The summed E-state index contributed by atoms with van der Waals surface area (Å²) in [6.07, 6.45) is 0.537. The predicted molar refractivity (Wildman–Crippen MR) is 65.9 cm³/mol. The number of benzene rings is 1. The second-order valence-electron chi connectivity index (χ2n) is 4.49. The summed E-state index contributed by atoms with van der Waals surface area (Å²) < 4.78 is 0. The molecule has 0 saturated heterocycles. The summed E-state index contributed by atoms with van der Waals surface area (Å²) in [5, 5.41) is 12.3. The molecular formula is C13H19NO2. The van der Waals surface area contributed by atoms with Crippen molar-refractivity contribution in [3.8, 4) is 0 Å². The van der Waals surface area contributed by atoms with Crippen molar-refractivity contribution in [1.29, 1.82) is 0 Å². The summed E-state index contributed by atoms with van der Waals surface area (Å²) in [6.45, 7) is 7.57. The predicted octanol–water partition coefficient (Wildman–Crippen LogP) is 2.97. The van der Waals surface area contributed by atoms with Crippen LogP contribution in [0.3, 0.4) is 0 Å². The molecule has 0 amide bonds. The van der Waals surface area contributed by atoms with Crippen molar-refractivity contribution in [2.24, 2.45) is 0 Å². The largest absolute Gasteiger partial charge is 0.480 e. The van der Waals surface area contributed by atoms with Gasteiger partial charge in [0.25, 0.3) is 0 Å². The minimum absolute atomic E-state index is 0.537. The third-order valence-corrected chi connectivity index (χ3v) is 2.82. The highest BCUT2D eigenvalue weighted by molar-refractivity contribution is 5.82. The van der Waals surface area contributed by atoms with Gasteiger partial charge in [-0.05, 0) is 50.5 Å². The minimum Gasteiger partial charge on any atom is -0.480 e. The Balaban J connectivity index is 2.99. The number of hydrogen-bond donors (Lipinski definition) is 2. The Morgan fingerprint density at radius 3 is 2.19 bits per heavy atom. The smallest absolute Gasteiger partial charge is 0.329 e. The first-order valence-electron chi connectivity index (χ1n) is 5.47. The molecule has 88 valence electrons. The molecule has 16 heavy (non-hydrogen) atoms. The molecule has 1 atom stereocenters. The molecule has 0 aliphatic rings. The maximum Gasteiger partial charge on any atom is 0.329 e. The van der Waals surface area contributed by atoms with Gasteiger partial charge in [0.05, 0.1) is 0 Å². The number of aryl methyl sites for hydroxylation is 2. The van der Waals surface area contributed by atoms with Crippen LogP contribution in [0.1, 0.15) is 31.4 Å². The van der Waals surface area contributed by atoms with Gasteiger partial charge in [0.2, 0.25) is 0 Å². The summed E-state index contributed by atoms with van der Waals surface area (Å²) in [5.74, 6) is -0.825. The number of carboxylic acid groups (broad SMARTS) is 1. The lowest BCUT2D eigenvalue weighted by molar-refractivity contribution is -0.141. The van der Waals surface area contributed by atoms with Gasteiger partial charge in [-0.15, -0.1) is 0 Å². The molecule has 0 aliphatic carbocycles. The number of hydrogen-bond acceptors (Lipinski definition) is 2. The van der Waals surface area contributed by atoms with E-state index < -0.39 is 11.5 Å². The molecule has 2 N–H and O–H groups in total. The van der Waals surface area contributed by atoms with E-state index in [0.717, 1.165) is 16.8 Å². The zero-order valence-electron chi connectivity index (χ0n) is 10.3. The molecule has 0 fully saturated rings. The topological polar surface area (TPSA) is 49.3 Å². The van der Waals surface area contributed by atoms with E-state index in [1.54, 1.807) is 6.92 Å². The summed E-state index contributed by atoms with van der Waals surface area (Å²) in [4.78, 5) is 11.2. The lowest BCUT2D eigenvalue weighted by Crippen LogP contribution is -2.42. The standard InChI is InChI=1S/C13H19NO2/c1-5-13(4,12(15)16)14-11-7-9(2)6-10(3)8-11/h6-8,14H,5H2,1-4H3,(H,15,16). The molecular weight excluding hydrogens is 202 g/mol. The maximum absolute atomic E-state index is 11.2. The van der Waals surface area contributed by atoms with Gasteiger partial charge in [-0.25, -0.2) is 4.79 Å². The molecule has 1 rings (SSSR count). The second kappa shape index (κ2) is 4.56. The third-order valence-electron chi connectivity index (χ3n) is 2.82. The Hall–Kier alpha value is -1.51. The van der Waals surface area contributed by atoms with E-state index in [0.29, 0.717) is 6.42 Å². The fourth-order valence-electron chi connectivity index (χ4n) is 1.66. The van der Waals surface area contributed by atoms with Crippen LogP contribution in [0.2, 0.25) is 0 Å². The van der Waals surface area contributed by atoms with Crippen molar-refractivity contribution in [2.45, 2.75) is 39.7 Å². The van der Waals surface area contributed by atoms with Crippen molar-refractivity contribution >= 4 is 11.7 Å². The zero-order chi connectivity index (χ0) is 12.3. The molecule has 0 heterocycles. The molecule has 3 nitrogen and oxygen atoms in total. The number of anilines is 1. The summed E-state index contributed by atoms with van der Waals surface area (Å²) >= 11 is 0. The van der Waals surface area contributed by atoms with Crippen LogP contribution in [-0.2, 0) is 4.79 Å². The van der Waals surface area contributed by atoms with Crippen molar-refractivity contribution in [3.05, 3.63) is 29.3 Å². The summed E-state index contributed by atoms with van der Waals surface area (Å²) in [7, 11) is 0. The van der Waals surface area contributed by atoms with Gasteiger partial charge < -0.3 is 10.4 Å². The van der Waals surface area contributed by atoms with Crippen LogP contribution >= 0.6 is 0 Å². The summed E-state index contributed by atoms with van der Waals surface area (Å²) in [5.41, 5.74) is 2.22. The monoisotopic (exact) mass is 221 g/mol. The van der Waals surface area contributed by atoms with Crippen LogP contribution in [0.15, 0.2) is 18.2 Å². The highest BCUT2D eigenvalue weighted by Crippen LogP contribution is 2.21. The van der Waals surface area contributed by atoms with E-state index in [4.69, 9.17) is 5.11 Å². The Labute approximate surface area is 96.5 Å². The van der Waals surface area contributed by atoms with Gasteiger partial charge in [-0.1, -0.05) is 13.0 Å². The maximum atomic E-state index is 11.2. The van der Waals surface area contributed by atoms with Crippen LogP contribution in [0, 0.1) is 13.8 Å². The molecule has 1 unspecified atom stereocenters. The molecule has 0 spiro atoms. The van der Waals surface area contributed by atoms with Crippen LogP contribution in [0.25, 0.3) is 0 Å². The number of nitrogens with one attached hydrogen (secondary N) is 1. The molecule has 0 radical (unpaired) electrons. The Kier molecular flexibility index (Phi) is 3.58. The molecule has 1 aromatic carbocycles. The highest BCUT2D eigenvalue weighted by Gasteiger charge is 2.30. The van der Waals surface area contributed by atoms with Crippen molar-refractivity contribution in [3.63, 3.8) is 0 Å². The Morgan fingerprint density at radius 1 is 1.31 bits per heavy atom. The molecule has 0 saturated carbocycles. The molecule has 0 aromatic heterocycles. The van der Waals surface area contributed by atoms with Gasteiger partial charge in [-0.3, -0.25) is 0 Å². The number of carbonyl (C=O) groups is 1. The van der Waals surface area contributed by atoms with E-state index in [2.05, 4.69) is 11.4 Å². The molecule has 3 heteroatoms. The lowest BCUT2D eigenvalue weighted by atomic mass is 9.98. The van der Waals surface area contributed by atoms with E-state index in [9.17, 15) is 4.79 Å². The number of rotatable bonds is 4. The average Bonchev–Trinajstić information content (AvgIpc) is 2.15. The first-order chi connectivity index (χ1) is 7.37. The van der Waals surface area contributed by atoms with Crippen LogP contribution in [-0.4, -0.2) is 16.6 Å². The van der Waals surface area contributed by atoms with E-state index in [1.165, 1.54) is 0 Å². The summed E-state index contributed by atoms with van der Waals surface area (Å²) in [6, 6.07) is 5.99. The lowest BCUT2D eigenvalue weighted by Gasteiger charge is -2.26. The normalized spacial score (nSPS) is 14.2. The van der Waals surface area contributed by atoms with E-state index >= 15 is 0 Å². The van der Waals surface area contributed by atoms with Gasteiger partial charge >= 0.3 is 5.97 Å². The average molecular weight is 221 g/mol. The molecule has 0 aliphatic heterocycles. The molecule has 0 bridgehead atoms. The zero-order valence-corrected chi connectivity index (χ0v) is 10.3. The highest BCUT2D eigenvalue weighted by atomic mass is 16.4. The van der Waals surface area contributed by atoms with Gasteiger partial charge in [0.1, 0.15) is 5.54 Å². The number of aliphatic carboxylic acids is 1. The quantitative estimate of drug-likeness (QED) is 0.821. The first kappa shape index (κ1) is 12.6. The SMILES string of the molecule is CCC(C)(Nc1cc(C)cc(C)c1)C(=O)O. The van der Waals surface area contributed by atoms with Crippen LogP contribution in [0.5, 0.6) is 0 Å². The minimum atomic E-state index is -0.903. The van der Waals surface area contributed by atoms with Crippen LogP contribution < -0.4 is 5.32 Å². The van der Waals surface area contributed by atoms with Crippen molar-refractivity contribution in [2.75, 3.05) is 5.32 Å². The van der Waals surface area contributed by atoms with E-state index in [1.807, 2.05) is 32.9 Å². The van der Waals surface area contributed by atoms with Crippen molar-refractivity contribution < 1.29 is 9.90 Å². The first-order valence-corrected chi connectivity index (χ1v) is 5.47. The second-order valence-corrected chi connectivity index (χ2v) is 4.49. The van der Waals surface area contributed by atoms with Gasteiger partial charge in [0, 0.05) is 5.69 Å². The fourth-order valence-corrected chi connectivity index (χ4v) is 1.66. The fraction of sp³-hybridized carbons (Fsp3) is 0.462. The Bertz CT molecular complexity index is 381. The number of carboxylic acids is 1. The molecule has 1 aromatic rings. The van der Waals surface area contributed by atoms with Gasteiger partial charge in [0.15, 0.2) is 0 Å². The van der Waals surface area contributed by atoms with E-state index in [-0.39, 0.29) is 0 Å². The van der Waals surface area contributed by atoms with Gasteiger partial charge in [-0.2, -0.15) is 0 Å². The van der Waals surface area contributed by atoms with Crippen molar-refractivity contribution in [1.82, 2.24) is 0 Å². The Morgan fingerprint density at radius 2 is 1.81 bits per heavy atom. The third kappa shape index (κ3) is 2.75.